The van der Waals surface area contributed by atoms with Gasteiger partial charge in [-0.2, -0.15) is 0 Å². The maximum Gasteiger partial charge on any atom is 0.187 e. The van der Waals surface area contributed by atoms with E-state index in [0.717, 1.165) is 0 Å². The molecule has 0 aromatic rings. The summed E-state index contributed by atoms with van der Waals surface area (Å²) in [7, 11) is 0. The van der Waals surface area contributed by atoms with Crippen molar-refractivity contribution < 1.29 is 125 Å². The third-order valence-electron chi connectivity index (χ3n) is 20.7. The van der Waals surface area contributed by atoms with Crippen LogP contribution in [0.1, 0.15) is 99.8 Å². The van der Waals surface area contributed by atoms with Crippen LogP contribution in [-0.2, 0) is 42.8 Å². The lowest BCUT2D eigenvalue weighted by atomic mass is 9.34. The predicted molar refractivity (Wildman–Crippen MR) is 264 cm³/mol. The summed E-state index contributed by atoms with van der Waals surface area (Å²) in [5.41, 5.74) is -3.49. The highest BCUT2D eigenvalue weighted by molar-refractivity contribution is 5.22. The maximum atomic E-state index is 12.8. The number of hydrogen-bond donors (Lipinski definition) is 16. The molecule has 0 bridgehead atoms. The molecule has 8 rings (SSSR count). The van der Waals surface area contributed by atoms with E-state index < -0.39 is 206 Å². The van der Waals surface area contributed by atoms with Gasteiger partial charge in [0.15, 0.2) is 25.2 Å². The van der Waals surface area contributed by atoms with Gasteiger partial charge in [-0.05, 0) is 116 Å². The van der Waals surface area contributed by atoms with Gasteiger partial charge in [0.05, 0.1) is 50.3 Å². The summed E-state index contributed by atoms with van der Waals surface area (Å²) in [5.74, 6) is -1.55. The van der Waals surface area contributed by atoms with E-state index in [0.29, 0.717) is 44.1 Å². The zero-order valence-corrected chi connectivity index (χ0v) is 45.6. The molecule has 4 saturated heterocycles. The topological polar surface area (TPSA) is 407 Å². The van der Waals surface area contributed by atoms with Gasteiger partial charge in [0.2, 0.25) is 0 Å². The molecule has 25 heteroatoms. The molecule has 78 heavy (non-hydrogen) atoms. The molecule has 4 aliphatic heterocycles. The molecule has 0 aromatic heterocycles. The number of fused-ring (bicyclic) bond motifs is 5. The second-order valence-corrected chi connectivity index (χ2v) is 25.7. The zero-order chi connectivity index (χ0) is 57.5. The maximum absolute atomic E-state index is 12.8. The van der Waals surface area contributed by atoms with Crippen LogP contribution < -0.4 is 0 Å². The van der Waals surface area contributed by atoms with E-state index in [4.69, 9.17) is 42.8 Å². The standard InChI is InChI=1S/C53H90O25/c1-21(2)26(78-69)10-14-53(8,77-48-43(68)39(64)36(61)29(75-48)19-71-45-40(65)33(58)25(57)18-70-45)22-9-13-51(6)32(22)23(55)15-30-50(5)12-11-31(49(3,4)44(50)24(56)16-52(30,51)7)76-47-42(67)38(63)35(60)28(74-47)20-72-46-41(66)37(62)34(59)27(17-54)73-46/h22-48,54-69H,1,9-20H2,2-8H3/t22-,23+,24-,25-,26?,27+,28+,29+,30+,31-,32-,33-,34+,35+,36+,37-,38-,39-,40+,41+,42+,43+,44-,45?,46?,47-,48-,50+,51+,52+,53-/m0/s1. The molecule has 452 valence electrons. The molecule has 4 heterocycles. The highest BCUT2D eigenvalue weighted by Gasteiger charge is 2.74. The third-order valence-corrected chi connectivity index (χ3v) is 20.7. The normalized spacial score (nSPS) is 52.6. The van der Waals surface area contributed by atoms with Gasteiger partial charge in [0, 0.05) is 0 Å². The number of rotatable bonds is 17. The summed E-state index contributed by atoms with van der Waals surface area (Å²) < 4.78 is 47.8. The summed E-state index contributed by atoms with van der Waals surface area (Å²) in [6.07, 6.45) is -30.7. The molecule has 3 unspecified atom stereocenters. The van der Waals surface area contributed by atoms with Gasteiger partial charge in [0.25, 0.3) is 0 Å². The van der Waals surface area contributed by atoms with Crippen molar-refractivity contribution in [2.75, 3.05) is 26.4 Å². The lowest BCUT2D eigenvalue weighted by Gasteiger charge is -2.71. The van der Waals surface area contributed by atoms with Crippen LogP contribution in [0.2, 0.25) is 0 Å². The first-order chi connectivity index (χ1) is 36.4. The van der Waals surface area contributed by atoms with Crippen LogP contribution >= 0.6 is 0 Å². The van der Waals surface area contributed by atoms with E-state index in [9.17, 15) is 81.9 Å². The quantitative estimate of drug-likeness (QED) is 0.0296. The predicted octanol–water partition coefficient (Wildman–Crippen LogP) is -3.12. The third kappa shape index (κ3) is 10.9. The van der Waals surface area contributed by atoms with E-state index in [1.54, 1.807) is 6.92 Å². The van der Waals surface area contributed by atoms with Gasteiger partial charge >= 0.3 is 0 Å². The average Bonchev–Trinajstić information content (AvgIpc) is 2.77. The van der Waals surface area contributed by atoms with Crippen LogP contribution in [0, 0.1) is 45.3 Å². The molecule has 16 N–H and O–H groups in total. The Kier molecular flexibility index (Phi) is 19.0. The van der Waals surface area contributed by atoms with Crippen molar-refractivity contribution in [3.63, 3.8) is 0 Å². The fourth-order valence-corrected chi connectivity index (χ4v) is 16.2. The van der Waals surface area contributed by atoms with Gasteiger partial charge in [-0.3, -0.25) is 5.26 Å². The Morgan fingerprint density at radius 2 is 1.17 bits per heavy atom. The van der Waals surface area contributed by atoms with Gasteiger partial charge < -0.3 is 114 Å². The molecular formula is C53H90O25. The zero-order valence-electron chi connectivity index (χ0n) is 45.6. The fraction of sp³-hybridized carbons (Fsp3) is 0.962. The minimum atomic E-state index is -1.81. The van der Waals surface area contributed by atoms with E-state index >= 15 is 0 Å². The van der Waals surface area contributed by atoms with Crippen molar-refractivity contribution in [3.05, 3.63) is 12.2 Å². The second-order valence-electron chi connectivity index (χ2n) is 25.7. The Labute approximate surface area is 454 Å². The highest BCUT2D eigenvalue weighted by Crippen LogP contribution is 2.76. The highest BCUT2D eigenvalue weighted by atomic mass is 17.1. The Morgan fingerprint density at radius 1 is 0.628 bits per heavy atom. The van der Waals surface area contributed by atoms with Crippen LogP contribution in [0.15, 0.2) is 12.2 Å². The van der Waals surface area contributed by atoms with Crippen LogP contribution in [0.25, 0.3) is 0 Å². The number of aliphatic hydroxyl groups is 15. The minimum absolute atomic E-state index is 0.156. The molecule has 0 radical (unpaired) electrons. The van der Waals surface area contributed by atoms with Gasteiger partial charge in [0.1, 0.15) is 97.7 Å². The summed E-state index contributed by atoms with van der Waals surface area (Å²) >= 11 is 0. The molecule has 25 nitrogen and oxygen atoms in total. The molecule has 4 aliphatic carbocycles. The molecule has 8 aliphatic rings. The van der Waals surface area contributed by atoms with Crippen LogP contribution in [0.5, 0.6) is 0 Å². The number of hydrogen-bond acceptors (Lipinski definition) is 25. The smallest absolute Gasteiger partial charge is 0.187 e. The molecule has 0 spiro atoms. The Hall–Kier alpha value is -1.26. The Balaban J connectivity index is 1.00. The van der Waals surface area contributed by atoms with E-state index in [1.807, 2.05) is 20.8 Å². The van der Waals surface area contributed by atoms with Gasteiger partial charge in [-0.15, -0.1) is 0 Å². The first kappa shape index (κ1) is 62.8. The second kappa shape index (κ2) is 23.7. The molecule has 0 aromatic carbocycles. The van der Waals surface area contributed by atoms with E-state index in [2.05, 4.69) is 27.4 Å². The Bertz CT molecular complexity index is 2020. The largest absolute Gasteiger partial charge is 0.394 e. The Morgan fingerprint density at radius 3 is 1.76 bits per heavy atom. The van der Waals surface area contributed by atoms with E-state index in [1.165, 1.54) is 0 Å². The van der Waals surface area contributed by atoms with Crippen LogP contribution in [-0.4, -0.2) is 255 Å². The molecule has 31 atom stereocenters. The monoisotopic (exact) mass is 1130 g/mol. The molecular weight excluding hydrogens is 1040 g/mol. The van der Waals surface area contributed by atoms with Crippen molar-refractivity contribution >= 4 is 0 Å². The van der Waals surface area contributed by atoms with Crippen LogP contribution in [0.3, 0.4) is 0 Å². The first-order valence-corrected chi connectivity index (χ1v) is 27.7. The van der Waals surface area contributed by atoms with Crippen molar-refractivity contribution in [2.24, 2.45) is 45.3 Å². The molecule has 4 saturated carbocycles. The minimum Gasteiger partial charge on any atom is -0.394 e. The summed E-state index contributed by atoms with van der Waals surface area (Å²) in [4.78, 5) is 4.83. The molecule has 8 fully saturated rings. The molecule has 0 amide bonds. The van der Waals surface area contributed by atoms with Crippen molar-refractivity contribution in [3.8, 4) is 0 Å². The SMILES string of the molecule is C=C(C)C(CC[C@](C)(O[C@@H]1O[C@H](COC2OC[C@H](O)[C@H](O)[C@H]2O)[C@@H](O)[C@H](O)[C@H]1O)[C@H]1CC[C@]2(C)[C@@H]1[C@H](O)C[C@@H]1[C@@]3(C)CC[C@H](O[C@@H]4O[C@H](COC5O[C@H](CO)[C@@H](O)[C@H](O)[C@H]5O)[C@@H](O)[C@H](O)[C@H]4O)C(C)(C)[C@@H]3[C@@H](O)C[C@]12C)OO. The van der Waals surface area contributed by atoms with Gasteiger partial charge in [-0.1, -0.05) is 41.2 Å². The first-order valence-electron chi connectivity index (χ1n) is 27.7. The lowest BCUT2D eigenvalue weighted by molar-refractivity contribution is -0.351. The van der Waals surface area contributed by atoms with E-state index in [-0.39, 0.29) is 25.4 Å². The van der Waals surface area contributed by atoms with Crippen molar-refractivity contribution in [2.45, 2.75) is 247 Å². The number of aliphatic hydroxyl groups excluding tert-OH is 15. The van der Waals surface area contributed by atoms with Crippen LogP contribution in [0.4, 0.5) is 0 Å². The lowest BCUT2D eigenvalue weighted by Crippen LogP contribution is -2.70. The summed E-state index contributed by atoms with van der Waals surface area (Å²) in [5, 5.41) is 174. The van der Waals surface area contributed by atoms with Crippen molar-refractivity contribution in [1.82, 2.24) is 0 Å². The summed E-state index contributed by atoms with van der Waals surface area (Å²) in [6, 6.07) is 0. The average molecular weight is 1130 g/mol. The summed E-state index contributed by atoms with van der Waals surface area (Å²) in [6.45, 7) is 15.8. The fourth-order valence-electron chi connectivity index (χ4n) is 16.2. The van der Waals surface area contributed by atoms with Gasteiger partial charge in [-0.25, -0.2) is 4.89 Å². The van der Waals surface area contributed by atoms with Crippen molar-refractivity contribution in [1.29, 1.82) is 0 Å². The number of ether oxygens (including phenoxy) is 8.